The van der Waals surface area contributed by atoms with Crippen LogP contribution in [0.3, 0.4) is 0 Å². The summed E-state index contributed by atoms with van der Waals surface area (Å²) in [6, 6.07) is 10.8. The van der Waals surface area contributed by atoms with Crippen LogP contribution in [-0.2, 0) is 21.2 Å². The number of nitrogens with two attached hydrogens (primary N) is 1. The highest BCUT2D eigenvalue weighted by Gasteiger charge is 2.18. The smallest absolute Gasteiger partial charge is 0.238 e. The second-order valence-electron chi connectivity index (χ2n) is 5.13. The van der Waals surface area contributed by atoms with E-state index in [1.165, 1.54) is 19.1 Å². The minimum Gasteiger partial charge on any atom is -0.326 e. The molecule has 2 aromatic carbocycles. The van der Waals surface area contributed by atoms with Gasteiger partial charge >= 0.3 is 0 Å². The number of rotatable bonds is 5. The van der Waals surface area contributed by atoms with Crippen LogP contribution >= 0.6 is 11.6 Å². The summed E-state index contributed by atoms with van der Waals surface area (Å²) in [5.74, 6) is -0.813. The molecular formula is C16H15ClN2O4S. The van der Waals surface area contributed by atoms with Gasteiger partial charge in [-0.15, -0.1) is 0 Å². The monoisotopic (exact) mass is 366 g/mol. The number of hydrogen-bond donors (Lipinski definition) is 2. The molecule has 0 aliphatic carbocycles. The lowest BCUT2D eigenvalue weighted by Crippen LogP contribution is -2.18. The second-order valence-corrected chi connectivity index (χ2v) is 7.07. The van der Waals surface area contributed by atoms with Crippen molar-refractivity contribution in [3.63, 3.8) is 0 Å². The first-order valence-corrected chi connectivity index (χ1v) is 8.82. The molecule has 2 rings (SSSR count). The van der Waals surface area contributed by atoms with Crippen LogP contribution in [0.1, 0.15) is 22.8 Å². The van der Waals surface area contributed by atoms with Crippen molar-refractivity contribution in [2.75, 3.05) is 5.32 Å². The predicted molar refractivity (Wildman–Crippen MR) is 91.6 cm³/mol. The molecule has 0 spiro atoms. The van der Waals surface area contributed by atoms with Crippen molar-refractivity contribution >= 4 is 39.0 Å². The minimum atomic E-state index is -4.10. The molecule has 0 bridgehead atoms. The highest BCUT2D eigenvalue weighted by atomic mass is 35.5. The zero-order valence-electron chi connectivity index (χ0n) is 12.7. The number of anilines is 1. The van der Waals surface area contributed by atoms with Gasteiger partial charge in [-0.05, 0) is 36.8 Å². The Hall–Kier alpha value is -2.22. The molecule has 6 nitrogen and oxygen atoms in total. The van der Waals surface area contributed by atoms with Crippen LogP contribution in [0, 0.1) is 0 Å². The molecule has 0 heterocycles. The van der Waals surface area contributed by atoms with E-state index in [0.717, 1.165) is 6.07 Å². The van der Waals surface area contributed by atoms with E-state index in [1.807, 2.05) is 0 Å². The number of ketones is 1. The SMILES string of the molecule is CC(=O)c1ccc(NC(=O)Cc2ccccc2Cl)cc1S(N)(=O)=O. The average molecular weight is 367 g/mol. The Kier molecular flexibility index (Phi) is 5.38. The first-order valence-electron chi connectivity index (χ1n) is 6.89. The van der Waals surface area contributed by atoms with E-state index in [1.54, 1.807) is 24.3 Å². The molecule has 0 aliphatic heterocycles. The molecule has 0 aliphatic rings. The third kappa shape index (κ3) is 4.41. The normalized spacial score (nSPS) is 11.1. The van der Waals surface area contributed by atoms with Crippen molar-refractivity contribution in [2.24, 2.45) is 5.14 Å². The molecule has 2 aromatic rings. The van der Waals surface area contributed by atoms with Crippen molar-refractivity contribution in [1.82, 2.24) is 0 Å². The number of hydrogen-bond acceptors (Lipinski definition) is 4. The van der Waals surface area contributed by atoms with Gasteiger partial charge in [0.2, 0.25) is 15.9 Å². The van der Waals surface area contributed by atoms with Crippen LogP contribution in [-0.4, -0.2) is 20.1 Å². The van der Waals surface area contributed by atoms with Crippen LogP contribution in [0.15, 0.2) is 47.4 Å². The summed E-state index contributed by atoms with van der Waals surface area (Å²) in [5.41, 5.74) is 0.839. The highest BCUT2D eigenvalue weighted by Crippen LogP contribution is 2.21. The van der Waals surface area contributed by atoms with Gasteiger partial charge in [0, 0.05) is 16.3 Å². The molecule has 0 saturated carbocycles. The molecule has 0 aromatic heterocycles. The lowest BCUT2D eigenvalue weighted by molar-refractivity contribution is -0.115. The molecule has 24 heavy (non-hydrogen) atoms. The number of sulfonamides is 1. The Morgan fingerprint density at radius 2 is 1.83 bits per heavy atom. The van der Waals surface area contributed by atoms with E-state index >= 15 is 0 Å². The van der Waals surface area contributed by atoms with Gasteiger partial charge in [-0.2, -0.15) is 0 Å². The number of carbonyl (C=O) groups excluding carboxylic acids is 2. The molecule has 126 valence electrons. The Balaban J connectivity index is 2.26. The fraction of sp³-hybridized carbons (Fsp3) is 0.125. The molecule has 1 amide bonds. The van der Waals surface area contributed by atoms with Gasteiger partial charge in [-0.1, -0.05) is 29.8 Å². The summed E-state index contributed by atoms with van der Waals surface area (Å²) in [5, 5.41) is 8.16. The van der Waals surface area contributed by atoms with Crippen molar-refractivity contribution in [2.45, 2.75) is 18.2 Å². The van der Waals surface area contributed by atoms with E-state index in [-0.39, 0.29) is 28.5 Å². The largest absolute Gasteiger partial charge is 0.326 e. The third-order valence-electron chi connectivity index (χ3n) is 3.26. The van der Waals surface area contributed by atoms with Gasteiger partial charge in [0.05, 0.1) is 11.3 Å². The van der Waals surface area contributed by atoms with Crippen LogP contribution in [0.4, 0.5) is 5.69 Å². The molecule has 0 saturated heterocycles. The standard InChI is InChI=1S/C16H15ClN2O4S/c1-10(20)13-7-6-12(9-15(13)24(18,22)23)19-16(21)8-11-4-2-3-5-14(11)17/h2-7,9H,8H2,1H3,(H,19,21)(H2,18,22,23). The number of carbonyl (C=O) groups is 2. The van der Waals surface area contributed by atoms with Crippen molar-refractivity contribution in [3.8, 4) is 0 Å². The van der Waals surface area contributed by atoms with Gasteiger partial charge in [0.15, 0.2) is 5.78 Å². The van der Waals surface area contributed by atoms with Crippen molar-refractivity contribution < 1.29 is 18.0 Å². The average Bonchev–Trinajstić information content (AvgIpc) is 2.48. The minimum absolute atomic E-state index is 0.0263. The lowest BCUT2D eigenvalue weighted by atomic mass is 10.1. The summed E-state index contributed by atoms with van der Waals surface area (Å²) in [7, 11) is -4.10. The molecular weight excluding hydrogens is 352 g/mol. The van der Waals surface area contributed by atoms with Crippen LogP contribution in [0.5, 0.6) is 0 Å². The van der Waals surface area contributed by atoms with Gasteiger partial charge in [-0.25, -0.2) is 13.6 Å². The van der Waals surface area contributed by atoms with E-state index in [4.69, 9.17) is 16.7 Å². The first-order chi connectivity index (χ1) is 11.2. The lowest BCUT2D eigenvalue weighted by Gasteiger charge is -2.10. The topological polar surface area (TPSA) is 106 Å². The Morgan fingerprint density at radius 1 is 1.17 bits per heavy atom. The van der Waals surface area contributed by atoms with Gasteiger partial charge in [0.1, 0.15) is 0 Å². The molecule has 0 atom stereocenters. The number of nitrogens with one attached hydrogen (secondary N) is 1. The molecule has 0 radical (unpaired) electrons. The van der Waals surface area contributed by atoms with Crippen molar-refractivity contribution in [3.05, 3.63) is 58.6 Å². The molecule has 3 N–H and O–H groups in total. The summed E-state index contributed by atoms with van der Waals surface area (Å²) in [4.78, 5) is 23.3. The maximum atomic E-state index is 12.1. The number of benzene rings is 2. The number of amides is 1. The maximum absolute atomic E-state index is 12.1. The van der Waals surface area contributed by atoms with Crippen LogP contribution in [0.2, 0.25) is 5.02 Å². The zero-order valence-corrected chi connectivity index (χ0v) is 14.3. The summed E-state index contributed by atoms with van der Waals surface area (Å²) in [6.07, 6.45) is 0.0266. The summed E-state index contributed by atoms with van der Waals surface area (Å²) in [6.45, 7) is 1.24. The molecule has 0 unspecified atom stereocenters. The Morgan fingerprint density at radius 3 is 2.42 bits per heavy atom. The van der Waals surface area contributed by atoms with Crippen molar-refractivity contribution in [1.29, 1.82) is 0 Å². The van der Waals surface area contributed by atoms with Gasteiger partial charge in [-0.3, -0.25) is 9.59 Å². The predicted octanol–water partition coefficient (Wildman–Crippen LogP) is 2.37. The summed E-state index contributed by atoms with van der Waals surface area (Å²) < 4.78 is 23.3. The molecule has 0 fully saturated rings. The van der Waals surface area contributed by atoms with E-state index in [0.29, 0.717) is 10.6 Å². The van der Waals surface area contributed by atoms with Crippen LogP contribution in [0.25, 0.3) is 0 Å². The second kappa shape index (κ2) is 7.12. The number of primary sulfonamides is 1. The fourth-order valence-corrected chi connectivity index (χ4v) is 3.16. The zero-order chi connectivity index (χ0) is 17.9. The van der Waals surface area contributed by atoms with E-state index < -0.39 is 15.8 Å². The Labute approximate surface area is 144 Å². The molecule has 8 heteroatoms. The number of Topliss-reactive ketones (excluding diaryl/α,β-unsaturated/α-hetero) is 1. The fourth-order valence-electron chi connectivity index (χ4n) is 2.15. The third-order valence-corrected chi connectivity index (χ3v) is 4.58. The van der Waals surface area contributed by atoms with Gasteiger partial charge < -0.3 is 5.32 Å². The summed E-state index contributed by atoms with van der Waals surface area (Å²) >= 11 is 6.00. The number of halogens is 1. The highest BCUT2D eigenvalue weighted by molar-refractivity contribution is 7.89. The van der Waals surface area contributed by atoms with E-state index in [9.17, 15) is 18.0 Å². The van der Waals surface area contributed by atoms with E-state index in [2.05, 4.69) is 5.32 Å². The first kappa shape index (κ1) is 18.1. The Bertz CT molecular complexity index is 910. The van der Waals surface area contributed by atoms with Crippen LogP contribution < -0.4 is 10.5 Å². The maximum Gasteiger partial charge on any atom is 0.238 e. The van der Waals surface area contributed by atoms with Gasteiger partial charge in [0.25, 0.3) is 0 Å². The quantitative estimate of drug-likeness (QED) is 0.792.